The number of halogens is 1. The van der Waals surface area contributed by atoms with Crippen LogP contribution < -0.4 is 5.73 Å². The molecule has 1 aliphatic rings. The van der Waals surface area contributed by atoms with Crippen LogP contribution in [-0.4, -0.2) is 71.0 Å². The summed E-state index contributed by atoms with van der Waals surface area (Å²) >= 11 is 0. The van der Waals surface area contributed by atoms with Gasteiger partial charge in [0, 0.05) is 19.4 Å². The molecule has 0 amide bonds. The molecule has 2 aromatic heterocycles. The number of benzene rings is 2. The Hall–Kier alpha value is -4.83. The normalized spacial score (nSPS) is 19.5. The third-order valence-electron chi connectivity index (χ3n) is 6.78. The molecule has 0 bridgehead atoms. The van der Waals surface area contributed by atoms with Crippen LogP contribution >= 0.6 is 0 Å². The number of anilines is 1. The molecular formula is C32H31FN4O7. The van der Waals surface area contributed by atoms with Gasteiger partial charge in [0.25, 0.3) is 0 Å². The van der Waals surface area contributed by atoms with Gasteiger partial charge in [-0.2, -0.15) is 0 Å². The van der Waals surface area contributed by atoms with E-state index < -0.39 is 42.8 Å². The fraction of sp³-hybridized carbons (Fsp3) is 0.312. The predicted octanol–water partition coefficient (Wildman–Crippen LogP) is 4.08. The van der Waals surface area contributed by atoms with Gasteiger partial charge in [-0.15, -0.1) is 0 Å². The third kappa shape index (κ3) is 6.70. The lowest BCUT2D eigenvalue weighted by atomic mass is 10.1. The fourth-order valence-electron chi connectivity index (χ4n) is 4.74. The van der Waals surface area contributed by atoms with Crippen molar-refractivity contribution in [3.05, 3.63) is 89.9 Å². The van der Waals surface area contributed by atoms with E-state index in [0.717, 1.165) is 0 Å². The van der Waals surface area contributed by atoms with Gasteiger partial charge >= 0.3 is 11.9 Å². The van der Waals surface area contributed by atoms with Crippen molar-refractivity contribution < 1.29 is 37.7 Å². The van der Waals surface area contributed by atoms with Gasteiger partial charge in [-0.3, -0.25) is 0 Å². The number of fused-ring (bicyclic) bond motifs is 1. The zero-order valence-corrected chi connectivity index (χ0v) is 24.1. The van der Waals surface area contributed by atoms with Crippen molar-refractivity contribution in [1.82, 2.24) is 14.5 Å². The van der Waals surface area contributed by atoms with Crippen LogP contribution in [-0.2, 0) is 23.7 Å². The molecule has 0 radical (unpaired) electrons. The van der Waals surface area contributed by atoms with E-state index in [1.165, 1.54) is 17.1 Å². The Morgan fingerprint density at radius 3 is 2.27 bits per heavy atom. The molecule has 1 saturated heterocycles. The first kappa shape index (κ1) is 30.6. The molecule has 4 aromatic rings. The molecule has 0 saturated carbocycles. The van der Waals surface area contributed by atoms with E-state index in [1.807, 2.05) is 13.8 Å². The van der Waals surface area contributed by atoms with Gasteiger partial charge in [-0.25, -0.2) is 23.9 Å². The highest BCUT2D eigenvalue weighted by Crippen LogP contribution is 2.38. The Labute approximate surface area is 253 Å². The van der Waals surface area contributed by atoms with Crippen LogP contribution in [0.1, 0.15) is 46.4 Å². The molecule has 2 aromatic carbocycles. The van der Waals surface area contributed by atoms with E-state index in [-0.39, 0.29) is 23.6 Å². The quantitative estimate of drug-likeness (QED) is 0.161. The van der Waals surface area contributed by atoms with Crippen molar-refractivity contribution in [3.63, 3.8) is 0 Å². The lowest BCUT2D eigenvalue weighted by molar-refractivity contribution is -0.0969. The van der Waals surface area contributed by atoms with Gasteiger partial charge in [0.05, 0.1) is 22.1 Å². The molecule has 4 atom stereocenters. The lowest BCUT2D eigenvalue weighted by Gasteiger charge is -2.19. The van der Waals surface area contributed by atoms with Gasteiger partial charge < -0.3 is 34.0 Å². The smallest absolute Gasteiger partial charge is 0.338 e. The van der Waals surface area contributed by atoms with Crippen molar-refractivity contribution in [2.45, 2.75) is 44.7 Å². The molecule has 2 N–H and O–H groups in total. The van der Waals surface area contributed by atoms with Crippen LogP contribution in [0.15, 0.2) is 73.2 Å². The van der Waals surface area contributed by atoms with E-state index in [0.29, 0.717) is 29.7 Å². The predicted molar refractivity (Wildman–Crippen MR) is 157 cm³/mol. The van der Waals surface area contributed by atoms with Crippen molar-refractivity contribution >= 4 is 28.8 Å². The van der Waals surface area contributed by atoms with Gasteiger partial charge in [0.2, 0.25) is 6.29 Å². The van der Waals surface area contributed by atoms with Crippen LogP contribution in [0.2, 0.25) is 0 Å². The molecule has 12 heteroatoms. The summed E-state index contributed by atoms with van der Waals surface area (Å²) in [5.74, 6) is 4.61. The first-order valence-corrected chi connectivity index (χ1v) is 14.0. The third-order valence-corrected chi connectivity index (χ3v) is 6.78. The zero-order chi connectivity index (χ0) is 31.1. The maximum absolute atomic E-state index is 16.4. The van der Waals surface area contributed by atoms with Crippen LogP contribution in [0.3, 0.4) is 0 Å². The summed E-state index contributed by atoms with van der Waals surface area (Å²) in [7, 11) is 0. The second-order valence-electron chi connectivity index (χ2n) is 9.63. The van der Waals surface area contributed by atoms with Crippen LogP contribution in [0.5, 0.6) is 0 Å². The van der Waals surface area contributed by atoms with E-state index in [4.69, 9.17) is 29.4 Å². The minimum atomic E-state index is -1.89. The average molecular weight is 603 g/mol. The maximum atomic E-state index is 16.4. The van der Waals surface area contributed by atoms with Gasteiger partial charge in [0.1, 0.15) is 30.5 Å². The number of nitrogen functional groups attached to an aromatic ring is 1. The van der Waals surface area contributed by atoms with Crippen LogP contribution in [0, 0.1) is 11.8 Å². The highest BCUT2D eigenvalue weighted by atomic mass is 19.1. The summed E-state index contributed by atoms with van der Waals surface area (Å²) in [4.78, 5) is 34.0. The molecular weight excluding hydrogens is 571 g/mol. The van der Waals surface area contributed by atoms with E-state index in [9.17, 15) is 9.59 Å². The Kier molecular flexibility index (Phi) is 9.81. The second kappa shape index (κ2) is 14.1. The molecule has 44 heavy (non-hydrogen) atoms. The van der Waals surface area contributed by atoms with Crippen LogP contribution in [0.25, 0.3) is 11.0 Å². The summed E-state index contributed by atoms with van der Waals surface area (Å²) in [6, 6.07) is 16.5. The number of carbonyl (C=O) groups excluding carboxylic acids is 2. The molecule has 0 aliphatic carbocycles. The van der Waals surface area contributed by atoms with Crippen molar-refractivity contribution in [3.8, 4) is 11.8 Å². The van der Waals surface area contributed by atoms with E-state index in [2.05, 4.69) is 21.8 Å². The first-order chi connectivity index (χ1) is 21.4. The SMILES string of the molecule is CCOC(C#Cc1cn([C@@H]2O[C@H](COC(=O)c3ccccc3)[C@@H](OC(=O)c3ccccc3)[C@H]2F)c2ncnc(N)c12)OCC. The fourth-order valence-corrected chi connectivity index (χ4v) is 4.74. The maximum Gasteiger partial charge on any atom is 0.338 e. The number of alkyl halides is 1. The number of hydrogen-bond acceptors (Lipinski definition) is 10. The number of rotatable bonds is 10. The summed E-state index contributed by atoms with van der Waals surface area (Å²) in [5, 5.41) is 0.374. The molecule has 5 rings (SSSR count). The van der Waals surface area contributed by atoms with E-state index in [1.54, 1.807) is 60.7 Å². The Balaban J connectivity index is 1.47. The van der Waals surface area contributed by atoms with Crippen molar-refractivity contribution in [1.29, 1.82) is 0 Å². The molecule has 1 fully saturated rings. The zero-order valence-electron chi connectivity index (χ0n) is 24.1. The minimum absolute atomic E-state index is 0.122. The summed E-state index contributed by atoms with van der Waals surface area (Å²) in [5.41, 5.74) is 7.36. The number of hydrogen-bond donors (Lipinski definition) is 1. The Morgan fingerprint density at radius 1 is 1.00 bits per heavy atom. The number of nitrogens with two attached hydrogens (primary N) is 1. The summed E-state index contributed by atoms with van der Waals surface area (Å²) in [6.07, 6.45) is -3.84. The number of esters is 2. The first-order valence-electron chi connectivity index (χ1n) is 14.0. The highest BCUT2D eigenvalue weighted by molar-refractivity contribution is 5.92. The Morgan fingerprint density at radius 2 is 1.64 bits per heavy atom. The lowest BCUT2D eigenvalue weighted by Crippen LogP contribution is -2.37. The molecule has 3 heterocycles. The van der Waals surface area contributed by atoms with Gasteiger partial charge in [-0.05, 0) is 44.0 Å². The topological polar surface area (TPSA) is 137 Å². The standard InChI is InChI=1S/C32H31FN4O7/c1-3-40-24(41-4-2)16-15-22-17-37(29-25(22)28(34)35-19-36-29)30-26(33)27(44-32(39)21-13-9-6-10-14-21)23(43-30)18-42-31(38)20-11-7-5-8-12-20/h5-14,17,19,23-24,26-27,30H,3-4,18H2,1-2H3,(H2,34,35,36)/t23-,26-,27-,30-/m1/s1. The second-order valence-corrected chi connectivity index (χ2v) is 9.63. The largest absolute Gasteiger partial charge is 0.459 e. The summed E-state index contributed by atoms with van der Waals surface area (Å²) < 4.78 is 46.0. The number of carbonyl (C=O) groups is 2. The van der Waals surface area contributed by atoms with Crippen molar-refractivity contribution in [2.24, 2.45) is 0 Å². The minimum Gasteiger partial charge on any atom is -0.459 e. The Bertz CT molecular complexity index is 1650. The number of nitrogens with zero attached hydrogens (tertiary/aromatic N) is 3. The van der Waals surface area contributed by atoms with Crippen LogP contribution in [0.4, 0.5) is 10.2 Å². The molecule has 1 aliphatic heterocycles. The van der Waals surface area contributed by atoms with Crippen molar-refractivity contribution in [2.75, 3.05) is 25.6 Å². The van der Waals surface area contributed by atoms with Gasteiger partial charge in [-0.1, -0.05) is 42.3 Å². The monoisotopic (exact) mass is 602 g/mol. The number of aromatic nitrogens is 3. The van der Waals surface area contributed by atoms with E-state index >= 15 is 4.39 Å². The summed E-state index contributed by atoms with van der Waals surface area (Å²) in [6.45, 7) is 4.01. The molecule has 11 nitrogen and oxygen atoms in total. The highest BCUT2D eigenvalue weighted by Gasteiger charge is 2.50. The molecule has 228 valence electrons. The van der Waals surface area contributed by atoms with Gasteiger partial charge in [0.15, 0.2) is 18.5 Å². The molecule has 0 unspecified atom stereocenters. The average Bonchev–Trinajstić information content (AvgIpc) is 3.57. The number of ether oxygens (including phenoxy) is 5. The molecule has 0 spiro atoms.